The van der Waals surface area contributed by atoms with Crippen molar-refractivity contribution >= 4 is 24.2 Å². The van der Waals surface area contributed by atoms with Crippen molar-refractivity contribution in [2.75, 3.05) is 20.2 Å². The second kappa shape index (κ2) is 6.56. The Morgan fingerprint density at radius 3 is 2.25 bits per heavy atom. The number of carbonyl (C=O) groups is 1. The SMILES string of the molecule is CCN(CC)C(=O)[Se]c1ccc(OC)cc1. The van der Waals surface area contributed by atoms with Crippen LogP contribution in [0.15, 0.2) is 24.3 Å². The first kappa shape index (κ1) is 13.1. The van der Waals surface area contributed by atoms with E-state index >= 15 is 0 Å². The van der Waals surface area contributed by atoms with Gasteiger partial charge in [-0.05, 0) is 0 Å². The summed E-state index contributed by atoms with van der Waals surface area (Å²) >= 11 is -0.127. The van der Waals surface area contributed by atoms with E-state index in [1.807, 2.05) is 43.0 Å². The molecule has 0 radical (unpaired) electrons. The van der Waals surface area contributed by atoms with Crippen LogP contribution in [-0.4, -0.2) is 44.9 Å². The Balaban J connectivity index is 2.62. The molecule has 4 heteroatoms. The Morgan fingerprint density at radius 2 is 1.81 bits per heavy atom. The molecular formula is C12H17NO2Se. The molecule has 0 spiro atoms. The zero-order valence-electron chi connectivity index (χ0n) is 9.90. The summed E-state index contributed by atoms with van der Waals surface area (Å²) in [5.41, 5.74) is 0. The molecule has 0 unspecified atom stereocenters. The summed E-state index contributed by atoms with van der Waals surface area (Å²) in [6.45, 7) is 5.58. The third kappa shape index (κ3) is 3.54. The van der Waals surface area contributed by atoms with E-state index in [-0.39, 0.29) is 19.8 Å². The standard InChI is InChI=1S/C12H17NO2Se/c1-4-13(5-2)12(14)16-11-8-6-10(15-3)7-9-11/h6-9H,4-5H2,1-3H3. The number of rotatable bonds is 5. The average molecular weight is 286 g/mol. The molecule has 16 heavy (non-hydrogen) atoms. The predicted molar refractivity (Wildman–Crippen MR) is 66.7 cm³/mol. The topological polar surface area (TPSA) is 29.5 Å². The van der Waals surface area contributed by atoms with E-state index in [9.17, 15) is 4.79 Å². The van der Waals surface area contributed by atoms with E-state index in [2.05, 4.69) is 0 Å². The maximum atomic E-state index is 11.9. The van der Waals surface area contributed by atoms with Crippen molar-refractivity contribution in [3.05, 3.63) is 24.3 Å². The number of benzene rings is 1. The first-order valence-electron chi connectivity index (χ1n) is 5.32. The van der Waals surface area contributed by atoms with Gasteiger partial charge in [0.25, 0.3) is 0 Å². The molecule has 0 bridgehead atoms. The molecule has 0 aliphatic carbocycles. The molecule has 0 heterocycles. The van der Waals surface area contributed by atoms with Gasteiger partial charge in [0.05, 0.1) is 0 Å². The Kier molecular flexibility index (Phi) is 5.36. The fourth-order valence-corrected chi connectivity index (χ4v) is 3.10. The first-order chi connectivity index (χ1) is 7.71. The summed E-state index contributed by atoms with van der Waals surface area (Å²) in [7, 11) is 1.64. The van der Waals surface area contributed by atoms with Gasteiger partial charge in [0.1, 0.15) is 0 Å². The van der Waals surface area contributed by atoms with Crippen molar-refractivity contribution in [1.29, 1.82) is 0 Å². The number of hydrogen-bond acceptors (Lipinski definition) is 2. The number of nitrogens with zero attached hydrogens (tertiary/aromatic N) is 1. The van der Waals surface area contributed by atoms with Gasteiger partial charge in [-0.25, -0.2) is 0 Å². The van der Waals surface area contributed by atoms with Gasteiger partial charge in [-0.3, -0.25) is 0 Å². The summed E-state index contributed by atoms with van der Waals surface area (Å²) in [5, 5.41) is 0. The monoisotopic (exact) mass is 287 g/mol. The molecule has 0 saturated carbocycles. The third-order valence-electron chi connectivity index (χ3n) is 2.29. The van der Waals surface area contributed by atoms with Gasteiger partial charge < -0.3 is 0 Å². The molecule has 3 nitrogen and oxygen atoms in total. The number of amides is 1. The molecule has 0 aromatic heterocycles. The molecule has 1 rings (SSSR count). The molecule has 0 fully saturated rings. The molecule has 1 aromatic carbocycles. The molecule has 0 aliphatic heterocycles. The summed E-state index contributed by atoms with van der Waals surface area (Å²) < 4.78 is 6.16. The van der Waals surface area contributed by atoms with Crippen LogP contribution in [0, 0.1) is 0 Å². The quantitative estimate of drug-likeness (QED) is 0.768. The van der Waals surface area contributed by atoms with Crippen LogP contribution in [-0.2, 0) is 0 Å². The number of methoxy groups -OCH3 is 1. The van der Waals surface area contributed by atoms with Crippen molar-refractivity contribution in [3.63, 3.8) is 0 Å². The summed E-state index contributed by atoms with van der Waals surface area (Å²) in [5.74, 6) is 0.829. The summed E-state index contributed by atoms with van der Waals surface area (Å²) in [6.07, 6.45) is 0. The fraction of sp³-hybridized carbons (Fsp3) is 0.417. The van der Waals surface area contributed by atoms with Gasteiger partial charge >= 0.3 is 103 Å². The van der Waals surface area contributed by atoms with E-state index in [0.717, 1.165) is 23.3 Å². The van der Waals surface area contributed by atoms with Gasteiger partial charge in [-0.1, -0.05) is 0 Å². The van der Waals surface area contributed by atoms with Crippen LogP contribution in [0.25, 0.3) is 0 Å². The van der Waals surface area contributed by atoms with Crippen molar-refractivity contribution in [2.24, 2.45) is 0 Å². The zero-order chi connectivity index (χ0) is 12.0. The number of carbonyl (C=O) groups excluding carboxylic acids is 1. The van der Waals surface area contributed by atoms with Crippen molar-refractivity contribution < 1.29 is 9.53 Å². The molecule has 1 aromatic rings. The van der Waals surface area contributed by atoms with Crippen LogP contribution in [0.3, 0.4) is 0 Å². The van der Waals surface area contributed by atoms with Crippen LogP contribution in [0.4, 0.5) is 4.79 Å². The van der Waals surface area contributed by atoms with Crippen LogP contribution in [0.5, 0.6) is 5.75 Å². The van der Waals surface area contributed by atoms with Gasteiger partial charge in [-0.2, -0.15) is 0 Å². The van der Waals surface area contributed by atoms with Crippen molar-refractivity contribution in [2.45, 2.75) is 13.8 Å². The average Bonchev–Trinajstić information content (AvgIpc) is 2.31. The summed E-state index contributed by atoms with van der Waals surface area (Å²) in [4.78, 5) is 14.0. The zero-order valence-corrected chi connectivity index (χ0v) is 11.6. The number of ether oxygens (including phenoxy) is 1. The Bertz CT molecular complexity index is 333. The van der Waals surface area contributed by atoms with E-state index < -0.39 is 0 Å². The van der Waals surface area contributed by atoms with Gasteiger partial charge in [0.2, 0.25) is 0 Å². The second-order valence-electron chi connectivity index (χ2n) is 3.22. The van der Waals surface area contributed by atoms with Crippen LogP contribution in [0.1, 0.15) is 13.8 Å². The van der Waals surface area contributed by atoms with Crippen LogP contribution < -0.4 is 9.20 Å². The first-order valence-corrected chi connectivity index (χ1v) is 7.03. The van der Waals surface area contributed by atoms with Crippen LogP contribution in [0.2, 0.25) is 0 Å². The Morgan fingerprint density at radius 1 is 1.25 bits per heavy atom. The van der Waals surface area contributed by atoms with Crippen LogP contribution >= 0.6 is 0 Å². The van der Waals surface area contributed by atoms with Crippen molar-refractivity contribution in [1.82, 2.24) is 4.90 Å². The van der Waals surface area contributed by atoms with E-state index in [0.29, 0.717) is 0 Å². The number of hydrogen-bond donors (Lipinski definition) is 0. The molecule has 88 valence electrons. The minimum absolute atomic E-state index is 0.127. The molecule has 1 amide bonds. The fourth-order valence-electron chi connectivity index (χ4n) is 1.29. The molecule has 0 saturated heterocycles. The third-order valence-corrected chi connectivity index (χ3v) is 4.26. The van der Waals surface area contributed by atoms with E-state index in [1.54, 1.807) is 7.11 Å². The Labute approximate surface area is 103 Å². The van der Waals surface area contributed by atoms with E-state index in [4.69, 9.17) is 4.74 Å². The molecule has 0 atom stereocenters. The summed E-state index contributed by atoms with van der Waals surface area (Å²) in [6, 6.07) is 7.71. The normalized spacial score (nSPS) is 9.94. The second-order valence-corrected chi connectivity index (χ2v) is 5.37. The molecular weight excluding hydrogens is 269 g/mol. The maximum absolute atomic E-state index is 11.9. The van der Waals surface area contributed by atoms with E-state index in [1.165, 1.54) is 0 Å². The predicted octanol–water partition coefficient (Wildman–Crippen LogP) is 1.49. The van der Waals surface area contributed by atoms with Gasteiger partial charge in [0.15, 0.2) is 0 Å². The molecule has 0 aliphatic rings. The van der Waals surface area contributed by atoms with Crippen molar-refractivity contribution in [3.8, 4) is 5.75 Å². The van der Waals surface area contributed by atoms with Gasteiger partial charge in [0, 0.05) is 0 Å². The molecule has 0 N–H and O–H groups in total. The minimum atomic E-state index is -0.127. The Hall–Kier alpha value is -0.991. The van der Waals surface area contributed by atoms with Gasteiger partial charge in [-0.15, -0.1) is 0 Å².